The van der Waals surface area contributed by atoms with Gasteiger partial charge in [0.15, 0.2) is 12.7 Å². The number of carbonyl (C=O) groups excluding carboxylic acids is 2. The molecule has 1 heterocycles. The van der Waals surface area contributed by atoms with Gasteiger partial charge in [0.25, 0.3) is 21.8 Å². The molecule has 0 unspecified atom stereocenters. The van der Waals surface area contributed by atoms with E-state index in [9.17, 15) is 18.0 Å². The standard InChI is InChI=1S/C32H30ClN3O7S/c1-41-28-16-11-23(19-26(28)33)35-44(39,40)25-14-12-24(13-15-25)42-21-31(37)36-20-30(43-29-10-6-5-9-27(29)36)32(38)34-18-17-22-7-3-2-4-8-22/h2-16,19,30,35H,17-18,20-21H2,1H3,(H,34,38)/t30-/m1/s1. The van der Waals surface area contributed by atoms with Gasteiger partial charge in [0.1, 0.15) is 17.2 Å². The molecular formula is C32H30ClN3O7S. The topological polar surface area (TPSA) is 123 Å². The predicted octanol–water partition coefficient (Wildman–Crippen LogP) is 4.68. The first kappa shape index (κ1) is 30.7. The van der Waals surface area contributed by atoms with Crippen LogP contribution >= 0.6 is 11.6 Å². The number of halogens is 1. The molecule has 10 nitrogen and oxygen atoms in total. The number of para-hydroxylation sites is 2. The maximum atomic E-state index is 13.3. The fourth-order valence-electron chi connectivity index (χ4n) is 4.58. The zero-order valence-corrected chi connectivity index (χ0v) is 25.3. The number of benzene rings is 4. The molecule has 4 aromatic rings. The Morgan fingerprint density at radius 3 is 2.43 bits per heavy atom. The molecule has 0 spiro atoms. The first-order valence-corrected chi connectivity index (χ1v) is 15.6. The molecule has 2 N–H and O–H groups in total. The van der Waals surface area contributed by atoms with Crippen molar-refractivity contribution in [3.05, 3.63) is 108 Å². The summed E-state index contributed by atoms with van der Waals surface area (Å²) in [6.45, 7) is 0.0937. The number of ether oxygens (including phenoxy) is 3. The van der Waals surface area contributed by atoms with Crippen molar-refractivity contribution >= 4 is 44.8 Å². The number of nitrogens with zero attached hydrogens (tertiary/aromatic N) is 1. The van der Waals surface area contributed by atoms with E-state index in [1.807, 2.05) is 30.3 Å². The van der Waals surface area contributed by atoms with Crippen molar-refractivity contribution in [1.82, 2.24) is 5.32 Å². The number of fused-ring (bicyclic) bond motifs is 1. The summed E-state index contributed by atoms with van der Waals surface area (Å²) in [6, 6.07) is 27.0. The largest absolute Gasteiger partial charge is 0.495 e. The van der Waals surface area contributed by atoms with Crippen LogP contribution in [0.25, 0.3) is 0 Å². The van der Waals surface area contributed by atoms with Gasteiger partial charge in [-0.15, -0.1) is 0 Å². The number of anilines is 2. The van der Waals surface area contributed by atoms with Crippen molar-refractivity contribution in [2.75, 3.05) is 36.4 Å². The lowest BCUT2D eigenvalue weighted by atomic mass is 10.1. The number of hydrogen-bond acceptors (Lipinski definition) is 7. The Labute approximate surface area is 260 Å². The summed E-state index contributed by atoms with van der Waals surface area (Å²) in [7, 11) is -2.45. The summed E-state index contributed by atoms with van der Waals surface area (Å²) < 4.78 is 44.9. The maximum absolute atomic E-state index is 13.3. The molecule has 12 heteroatoms. The molecule has 0 aliphatic carbocycles. The van der Waals surface area contributed by atoms with Gasteiger partial charge >= 0.3 is 0 Å². The van der Waals surface area contributed by atoms with Gasteiger partial charge in [0.05, 0.1) is 34.9 Å². The average Bonchev–Trinajstić information content (AvgIpc) is 3.03. The van der Waals surface area contributed by atoms with E-state index < -0.39 is 22.0 Å². The van der Waals surface area contributed by atoms with Gasteiger partial charge in [0, 0.05) is 6.54 Å². The molecule has 1 aliphatic rings. The van der Waals surface area contributed by atoms with Gasteiger partial charge in [-0.2, -0.15) is 0 Å². The van der Waals surface area contributed by atoms with Crippen molar-refractivity contribution in [3.63, 3.8) is 0 Å². The molecule has 0 radical (unpaired) electrons. The molecule has 0 bridgehead atoms. The lowest BCUT2D eigenvalue weighted by Gasteiger charge is -2.34. The maximum Gasteiger partial charge on any atom is 0.265 e. The highest BCUT2D eigenvalue weighted by molar-refractivity contribution is 7.92. The Hall–Kier alpha value is -4.74. The number of rotatable bonds is 11. The number of methoxy groups -OCH3 is 1. The fourth-order valence-corrected chi connectivity index (χ4v) is 5.88. The summed E-state index contributed by atoms with van der Waals surface area (Å²) in [4.78, 5) is 27.7. The molecule has 0 saturated carbocycles. The van der Waals surface area contributed by atoms with E-state index in [2.05, 4.69) is 10.0 Å². The molecule has 1 atom stereocenters. The molecule has 44 heavy (non-hydrogen) atoms. The highest BCUT2D eigenvalue weighted by Gasteiger charge is 2.33. The number of amides is 2. The molecule has 5 rings (SSSR count). The minimum Gasteiger partial charge on any atom is -0.495 e. The van der Waals surface area contributed by atoms with Crippen molar-refractivity contribution in [2.24, 2.45) is 0 Å². The number of hydrogen-bond donors (Lipinski definition) is 2. The van der Waals surface area contributed by atoms with Crippen LogP contribution in [0.3, 0.4) is 0 Å². The van der Waals surface area contributed by atoms with Crippen LogP contribution in [0.2, 0.25) is 5.02 Å². The zero-order valence-electron chi connectivity index (χ0n) is 23.7. The summed E-state index contributed by atoms with van der Waals surface area (Å²) in [6.07, 6.45) is -0.236. The van der Waals surface area contributed by atoms with Gasteiger partial charge < -0.3 is 24.4 Å². The third-order valence-electron chi connectivity index (χ3n) is 6.82. The molecule has 1 aliphatic heterocycles. The van der Waals surface area contributed by atoms with Crippen LogP contribution in [0, 0.1) is 0 Å². The van der Waals surface area contributed by atoms with Gasteiger partial charge in [-0.05, 0) is 66.6 Å². The lowest BCUT2D eigenvalue weighted by molar-refractivity contribution is -0.128. The first-order chi connectivity index (χ1) is 21.2. The third kappa shape index (κ3) is 7.42. The molecular weight excluding hydrogens is 606 g/mol. The predicted molar refractivity (Wildman–Crippen MR) is 167 cm³/mol. The van der Waals surface area contributed by atoms with Gasteiger partial charge in [-0.25, -0.2) is 8.42 Å². The summed E-state index contributed by atoms with van der Waals surface area (Å²) >= 11 is 6.10. The van der Waals surface area contributed by atoms with Crippen LogP contribution < -0.4 is 29.1 Å². The smallest absolute Gasteiger partial charge is 0.265 e. The molecule has 0 fully saturated rings. The Balaban J connectivity index is 1.19. The SMILES string of the molecule is COc1ccc(NS(=O)(=O)c2ccc(OCC(=O)N3C[C@H](C(=O)NCCc4ccccc4)Oc4ccccc43)cc2)cc1Cl. The van der Waals surface area contributed by atoms with Crippen LogP contribution in [0.15, 0.2) is 102 Å². The third-order valence-corrected chi connectivity index (χ3v) is 8.52. The van der Waals surface area contributed by atoms with Crippen LogP contribution in [0.1, 0.15) is 5.56 Å². The average molecular weight is 636 g/mol. The molecule has 0 saturated heterocycles. The first-order valence-electron chi connectivity index (χ1n) is 13.7. The van der Waals surface area contributed by atoms with Crippen molar-refractivity contribution in [3.8, 4) is 17.2 Å². The van der Waals surface area contributed by atoms with Crippen molar-refractivity contribution in [2.45, 2.75) is 17.4 Å². The number of carbonyl (C=O) groups is 2. The Morgan fingerprint density at radius 2 is 1.70 bits per heavy atom. The number of nitrogens with one attached hydrogen (secondary N) is 2. The van der Waals surface area contributed by atoms with E-state index >= 15 is 0 Å². The fraction of sp³-hybridized carbons (Fsp3) is 0.188. The van der Waals surface area contributed by atoms with E-state index in [1.165, 1.54) is 48.4 Å². The van der Waals surface area contributed by atoms with Gasteiger partial charge in [-0.1, -0.05) is 54.1 Å². The minimum absolute atomic E-state index is 0.00802. The second-order valence-electron chi connectivity index (χ2n) is 9.82. The van der Waals surface area contributed by atoms with E-state index in [0.29, 0.717) is 35.9 Å². The summed E-state index contributed by atoms with van der Waals surface area (Å²) in [5.74, 6) is 0.412. The zero-order chi connectivity index (χ0) is 31.1. The van der Waals surface area contributed by atoms with E-state index in [0.717, 1.165) is 5.56 Å². The monoisotopic (exact) mass is 635 g/mol. The van der Waals surface area contributed by atoms with Gasteiger partial charge in [0.2, 0.25) is 0 Å². The molecule has 2 amide bonds. The van der Waals surface area contributed by atoms with Crippen LogP contribution in [0.5, 0.6) is 17.2 Å². The second-order valence-corrected chi connectivity index (χ2v) is 11.9. The molecule has 228 valence electrons. The van der Waals surface area contributed by atoms with Crippen LogP contribution in [-0.4, -0.2) is 53.1 Å². The van der Waals surface area contributed by atoms with Crippen LogP contribution in [0.4, 0.5) is 11.4 Å². The number of sulfonamides is 1. The van der Waals surface area contributed by atoms with Crippen molar-refractivity contribution < 1.29 is 32.2 Å². The van der Waals surface area contributed by atoms with Gasteiger partial charge in [-0.3, -0.25) is 14.3 Å². The molecule has 0 aromatic heterocycles. The Kier molecular flexibility index (Phi) is 9.56. The lowest BCUT2D eigenvalue weighted by Crippen LogP contribution is -2.52. The Morgan fingerprint density at radius 1 is 0.977 bits per heavy atom. The van der Waals surface area contributed by atoms with E-state index in [4.69, 9.17) is 25.8 Å². The Bertz CT molecular complexity index is 1730. The molecule has 4 aromatic carbocycles. The van der Waals surface area contributed by atoms with E-state index in [-0.39, 0.29) is 34.7 Å². The summed E-state index contributed by atoms with van der Waals surface area (Å²) in [5, 5.41) is 3.15. The highest BCUT2D eigenvalue weighted by Crippen LogP contribution is 2.33. The highest BCUT2D eigenvalue weighted by atomic mass is 35.5. The van der Waals surface area contributed by atoms with Crippen LogP contribution in [-0.2, 0) is 26.0 Å². The summed E-state index contributed by atoms with van der Waals surface area (Å²) in [5.41, 5.74) is 1.90. The minimum atomic E-state index is -3.92. The van der Waals surface area contributed by atoms with E-state index in [1.54, 1.807) is 30.3 Å². The quantitative estimate of drug-likeness (QED) is 0.245. The normalized spacial score (nSPS) is 14.1. The van der Waals surface area contributed by atoms with Crippen molar-refractivity contribution in [1.29, 1.82) is 0 Å². The second kappa shape index (κ2) is 13.7.